The van der Waals surface area contributed by atoms with Crippen molar-refractivity contribution in [3.05, 3.63) is 65.1 Å². The van der Waals surface area contributed by atoms with E-state index in [0.717, 1.165) is 20.3 Å². The van der Waals surface area contributed by atoms with Gasteiger partial charge in [-0.05, 0) is 35.0 Å². The number of aromatic nitrogens is 2. The van der Waals surface area contributed by atoms with Crippen molar-refractivity contribution >= 4 is 45.0 Å². The van der Waals surface area contributed by atoms with Crippen molar-refractivity contribution in [2.75, 3.05) is 5.32 Å². The maximum atomic E-state index is 12.3. The number of amides is 1. The zero-order valence-corrected chi connectivity index (χ0v) is 14.8. The summed E-state index contributed by atoms with van der Waals surface area (Å²) < 4.78 is 0. The van der Waals surface area contributed by atoms with E-state index in [2.05, 4.69) is 21.4 Å². The largest absolute Gasteiger partial charge is 0.298 e. The monoisotopic (exact) mass is 369 g/mol. The molecule has 1 N–H and O–H groups in total. The molecule has 118 valence electrons. The van der Waals surface area contributed by atoms with Crippen LogP contribution in [0.1, 0.15) is 10.4 Å². The van der Waals surface area contributed by atoms with E-state index in [4.69, 9.17) is 0 Å². The van der Waals surface area contributed by atoms with E-state index in [0.29, 0.717) is 10.7 Å². The van der Waals surface area contributed by atoms with Gasteiger partial charge in [0.15, 0.2) is 5.13 Å². The smallest absolute Gasteiger partial charge is 0.257 e. The Labute approximate surface area is 150 Å². The minimum atomic E-state index is -0.179. The Morgan fingerprint density at radius 3 is 2.33 bits per heavy atom. The summed E-state index contributed by atoms with van der Waals surface area (Å²) in [6.07, 6.45) is 3.20. The molecule has 0 aromatic carbocycles. The molecule has 4 heterocycles. The Kier molecular flexibility index (Phi) is 4.20. The molecule has 0 radical (unpaired) electrons. The van der Waals surface area contributed by atoms with Crippen LogP contribution in [0, 0.1) is 0 Å². The Morgan fingerprint density at radius 1 is 0.958 bits per heavy atom. The second-order valence-corrected chi connectivity index (χ2v) is 7.74. The van der Waals surface area contributed by atoms with Gasteiger partial charge in [0.2, 0.25) is 0 Å². The fourth-order valence-corrected chi connectivity index (χ4v) is 4.81. The number of pyridine rings is 1. The van der Waals surface area contributed by atoms with E-state index in [1.54, 1.807) is 47.2 Å². The topological polar surface area (TPSA) is 54.9 Å². The van der Waals surface area contributed by atoms with Crippen molar-refractivity contribution in [2.45, 2.75) is 0 Å². The minimum absolute atomic E-state index is 0.179. The van der Waals surface area contributed by atoms with Crippen molar-refractivity contribution in [2.24, 2.45) is 0 Å². The molecule has 0 aliphatic rings. The van der Waals surface area contributed by atoms with Crippen LogP contribution in [0.25, 0.3) is 20.3 Å². The average molecular weight is 369 g/mol. The third-order valence-electron chi connectivity index (χ3n) is 3.29. The molecule has 0 spiro atoms. The SMILES string of the molecule is O=C(Nc1nc(-c2cccs2)c(-c2cccs2)s1)c1ccncc1. The zero-order chi connectivity index (χ0) is 16.4. The highest BCUT2D eigenvalue weighted by Crippen LogP contribution is 2.42. The highest BCUT2D eigenvalue weighted by molar-refractivity contribution is 7.24. The number of anilines is 1. The number of hydrogen-bond acceptors (Lipinski definition) is 6. The minimum Gasteiger partial charge on any atom is -0.298 e. The van der Waals surface area contributed by atoms with Gasteiger partial charge in [-0.2, -0.15) is 0 Å². The summed E-state index contributed by atoms with van der Waals surface area (Å²) in [6.45, 7) is 0. The first-order valence-electron chi connectivity index (χ1n) is 7.11. The van der Waals surface area contributed by atoms with Gasteiger partial charge in [-0.1, -0.05) is 23.5 Å². The van der Waals surface area contributed by atoms with Crippen molar-refractivity contribution in [1.29, 1.82) is 0 Å². The third-order valence-corrected chi connectivity index (χ3v) is 6.19. The molecule has 0 aliphatic carbocycles. The Bertz CT molecular complexity index is 893. The van der Waals surface area contributed by atoms with Crippen LogP contribution < -0.4 is 5.32 Å². The maximum absolute atomic E-state index is 12.3. The molecule has 4 rings (SSSR count). The lowest BCUT2D eigenvalue weighted by molar-refractivity contribution is 0.102. The number of hydrogen-bond donors (Lipinski definition) is 1. The van der Waals surface area contributed by atoms with Crippen LogP contribution in [-0.4, -0.2) is 15.9 Å². The summed E-state index contributed by atoms with van der Waals surface area (Å²) in [7, 11) is 0. The standard InChI is InChI=1S/C17H11N3OS3/c21-16(11-5-7-18-8-6-11)20-17-19-14(12-3-1-9-22-12)15(24-17)13-4-2-10-23-13/h1-10H,(H,19,20,21). The summed E-state index contributed by atoms with van der Waals surface area (Å²) in [6, 6.07) is 11.5. The molecule has 0 fully saturated rings. The molecular formula is C17H11N3OS3. The van der Waals surface area contributed by atoms with Crippen LogP contribution in [0.3, 0.4) is 0 Å². The van der Waals surface area contributed by atoms with Gasteiger partial charge in [-0.25, -0.2) is 4.98 Å². The lowest BCUT2D eigenvalue weighted by atomic mass is 10.2. The Hall–Kier alpha value is -2.35. The highest BCUT2D eigenvalue weighted by Gasteiger charge is 2.18. The molecule has 24 heavy (non-hydrogen) atoms. The summed E-state index contributed by atoms with van der Waals surface area (Å²) in [4.78, 5) is 24.3. The molecule has 0 saturated carbocycles. The zero-order valence-electron chi connectivity index (χ0n) is 12.3. The van der Waals surface area contributed by atoms with Gasteiger partial charge in [0, 0.05) is 22.8 Å². The van der Waals surface area contributed by atoms with E-state index < -0.39 is 0 Å². The molecule has 0 bridgehead atoms. The molecule has 0 atom stereocenters. The second kappa shape index (κ2) is 6.64. The lowest BCUT2D eigenvalue weighted by Crippen LogP contribution is -2.11. The number of nitrogens with one attached hydrogen (secondary N) is 1. The van der Waals surface area contributed by atoms with Crippen molar-refractivity contribution in [3.63, 3.8) is 0 Å². The molecule has 0 saturated heterocycles. The van der Waals surface area contributed by atoms with Gasteiger partial charge in [0.25, 0.3) is 5.91 Å². The molecule has 0 unspecified atom stereocenters. The quantitative estimate of drug-likeness (QED) is 0.535. The molecular weight excluding hydrogens is 358 g/mol. The first-order valence-corrected chi connectivity index (χ1v) is 9.69. The summed E-state index contributed by atoms with van der Waals surface area (Å²) in [5.74, 6) is -0.179. The van der Waals surface area contributed by atoms with E-state index in [-0.39, 0.29) is 5.91 Å². The normalized spacial score (nSPS) is 10.7. The fourth-order valence-electron chi connectivity index (χ4n) is 2.20. The second-order valence-electron chi connectivity index (χ2n) is 4.84. The maximum Gasteiger partial charge on any atom is 0.257 e. The number of rotatable bonds is 4. The first kappa shape index (κ1) is 15.2. The van der Waals surface area contributed by atoms with Gasteiger partial charge in [-0.15, -0.1) is 22.7 Å². The summed E-state index contributed by atoms with van der Waals surface area (Å²) in [5.41, 5.74) is 1.48. The van der Waals surface area contributed by atoms with E-state index in [1.807, 2.05) is 29.0 Å². The fraction of sp³-hybridized carbons (Fsp3) is 0. The summed E-state index contributed by atoms with van der Waals surface area (Å²) >= 11 is 4.81. The predicted octanol–water partition coefficient (Wildman–Crippen LogP) is 5.25. The lowest BCUT2D eigenvalue weighted by Gasteiger charge is -2.00. The van der Waals surface area contributed by atoms with Crippen molar-refractivity contribution < 1.29 is 4.79 Å². The van der Waals surface area contributed by atoms with E-state index >= 15 is 0 Å². The van der Waals surface area contributed by atoms with Gasteiger partial charge in [-0.3, -0.25) is 15.1 Å². The molecule has 1 amide bonds. The highest BCUT2D eigenvalue weighted by atomic mass is 32.1. The van der Waals surface area contributed by atoms with E-state index in [9.17, 15) is 4.79 Å². The number of thiazole rings is 1. The van der Waals surface area contributed by atoms with Gasteiger partial charge >= 0.3 is 0 Å². The number of nitrogens with zero attached hydrogens (tertiary/aromatic N) is 2. The molecule has 7 heteroatoms. The van der Waals surface area contributed by atoms with Crippen molar-refractivity contribution in [3.8, 4) is 20.3 Å². The number of carbonyl (C=O) groups is 1. The number of carbonyl (C=O) groups excluding carboxylic acids is 1. The first-order chi connectivity index (χ1) is 11.8. The van der Waals surface area contributed by atoms with Gasteiger partial charge < -0.3 is 0 Å². The molecule has 0 aliphatic heterocycles. The molecule has 4 nitrogen and oxygen atoms in total. The van der Waals surface area contributed by atoms with Crippen LogP contribution in [0.4, 0.5) is 5.13 Å². The molecule has 4 aromatic rings. The Morgan fingerprint density at radius 2 is 1.67 bits per heavy atom. The molecule has 4 aromatic heterocycles. The van der Waals surface area contributed by atoms with Crippen LogP contribution in [0.2, 0.25) is 0 Å². The van der Waals surface area contributed by atoms with E-state index in [1.165, 1.54) is 11.3 Å². The van der Waals surface area contributed by atoms with Crippen LogP contribution in [0.15, 0.2) is 59.6 Å². The summed E-state index contributed by atoms with van der Waals surface area (Å²) in [5, 5.41) is 7.57. The number of thiophene rings is 2. The van der Waals surface area contributed by atoms with Crippen molar-refractivity contribution in [1.82, 2.24) is 9.97 Å². The predicted molar refractivity (Wildman–Crippen MR) is 101 cm³/mol. The average Bonchev–Trinajstić information content (AvgIpc) is 3.36. The van der Waals surface area contributed by atoms with Gasteiger partial charge in [0.1, 0.15) is 5.69 Å². The van der Waals surface area contributed by atoms with Crippen LogP contribution in [0.5, 0.6) is 0 Å². The third kappa shape index (κ3) is 3.01. The van der Waals surface area contributed by atoms with Crippen LogP contribution >= 0.6 is 34.0 Å². The Balaban J connectivity index is 1.70. The van der Waals surface area contributed by atoms with Crippen LogP contribution in [-0.2, 0) is 0 Å². The van der Waals surface area contributed by atoms with Gasteiger partial charge in [0.05, 0.1) is 9.75 Å².